The Labute approximate surface area is 185 Å². The van der Waals surface area contributed by atoms with E-state index in [0.29, 0.717) is 21.2 Å². The number of hydrogen-bond acceptors (Lipinski definition) is 7. The molecule has 0 saturated carbocycles. The zero-order valence-electron chi connectivity index (χ0n) is 16.1. The van der Waals surface area contributed by atoms with E-state index in [9.17, 15) is 14.7 Å². The molecule has 1 N–H and O–H groups in total. The van der Waals surface area contributed by atoms with Crippen molar-refractivity contribution in [3.63, 3.8) is 0 Å². The minimum Gasteiger partial charge on any atom is -0.503 e. The van der Waals surface area contributed by atoms with Gasteiger partial charge in [-0.1, -0.05) is 53.3 Å². The lowest BCUT2D eigenvalue weighted by Crippen LogP contribution is -2.31. The predicted molar refractivity (Wildman–Crippen MR) is 117 cm³/mol. The van der Waals surface area contributed by atoms with Crippen LogP contribution in [-0.4, -0.2) is 27.0 Å². The van der Waals surface area contributed by atoms with Crippen LogP contribution in [0.3, 0.4) is 0 Å². The summed E-state index contributed by atoms with van der Waals surface area (Å²) in [5.74, 6) is -1.91. The zero-order valence-corrected chi connectivity index (χ0v) is 17.6. The Kier molecular flexibility index (Phi) is 4.60. The number of carbonyl (C=O) groups excluding carboxylic acids is 2. The smallest absolute Gasteiger partial charge is 0.296 e. The number of aromatic nitrogens is 2. The van der Waals surface area contributed by atoms with Gasteiger partial charge in [0.25, 0.3) is 5.91 Å². The first-order valence-electron chi connectivity index (χ1n) is 9.29. The molecule has 154 valence electrons. The number of amides is 1. The monoisotopic (exact) mass is 451 g/mol. The van der Waals surface area contributed by atoms with Gasteiger partial charge in [0.2, 0.25) is 10.9 Å². The van der Waals surface area contributed by atoms with E-state index in [1.807, 2.05) is 12.1 Å². The molecule has 0 bridgehead atoms. The number of aryl methyl sites for hydroxylation is 1. The number of para-hydroxylation sites is 1. The molecule has 1 aliphatic rings. The van der Waals surface area contributed by atoms with Crippen LogP contribution in [0.4, 0.5) is 5.13 Å². The van der Waals surface area contributed by atoms with Gasteiger partial charge in [0.15, 0.2) is 11.5 Å². The number of nitrogens with zero attached hydrogens (tertiary/aromatic N) is 3. The van der Waals surface area contributed by atoms with Crippen LogP contribution in [0, 0.1) is 6.92 Å². The van der Waals surface area contributed by atoms with Crippen molar-refractivity contribution in [2.24, 2.45) is 0 Å². The highest BCUT2D eigenvalue weighted by atomic mass is 35.5. The van der Waals surface area contributed by atoms with Crippen molar-refractivity contribution in [3.05, 3.63) is 87.3 Å². The van der Waals surface area contributed by atoms with Gasteiger partial charge in [-0.15, -0.1) is 10.2 Å². The number of fused-ring (bicyclic) bond motifs is 1. The van der Waals surface area contributed by atoms with Gasteiger partial charge in [-0.25, -0.2) is 0 Å². The predicted octanol–water partition coefficient (Wildman–Crippen LogP) is 5.03. The van der Waals surface area contributed by atoms with E-state index in [1.54, 1.807) is 49.4 Å². The van der Waals surface area contributed by atoms with Crippen molar-refractivity contribution in [2.45, 2.75) is 13.0 Å². The number of Topliss-reactive ketones (excluding diaryl/α,β-unsaturated/α-hetero) is 1. The molecule has 3 heterocycles. The van der Waals surface area contributed by atoms with Gasteiger partial charge in [0.1, 0.15) is 10.6 Å². The SMILES string of the molecule is Cc1nnc(N2C(=O)C(O)=C(C(=O)c3cc4ccccc4o3)[C@H]2c2ccc(Cl)cc2)s1. The minimum atomic E-state index is -0.905. The maximum Gasteiger partial charge on any atom is 0.296 e. The Morgan fingerprint density at radius 1 is 1.16 bits per heavy atom. The van der Waals surface area contributed by atoms with Gasteiger partial charge in [-0.2, -0.15) is 0 Å². The number of benzene rings is 2. The molecule has 1 aliphatic heterocycles. The lowest BCUT2D eigenvalue weighted by Gasteiger charge is -2.23. The molecule has 4 aromatic rings. The van der Waals surface area contributed by atoms with Crippen LogP contribution in [-0.2, 0) is 4.79 Å². The van der Waals surface area contributed by atoms with E-state index in [4.69, 9.17) is 16.0 Å². The third-order valence-electron chi connectivity index (χ3n) is 5.01. The van der Waals surface area contributed by atoms with E-state index in [2.05, 4.69) is 10.2 Å². The molecular formula is C22H14ClN3O4S. The van der Waals surface area contributed by atoms with E-state index in [0.717, 1.165) is 5.39 Å². The molecule has 1 amide bonds. The van der Waals surface area contributed by atoms with Crippen molar-refractivity contribution in [1.82, 2.24) is 10.2 Å². The second-order valence-electron chi connectivity index (χ2n) is 6.97. The molecular weight excluding hydrogens is 438 g/mol. The lowest BCUT2D eigenvalue weighted by atomic mass is 9.95. The standard InChI is InChI=1S/C22H14ClN3O4S/c1-11-24-25-22(31-11)26-18(12-6-8-14(23)9-7-12)17(20(28)21(26)29)19(27)16-10-13-4-2-3-5-15(13)30-16/h2-10,18,28H,1H3/t18-/m1/s1. The van der Waals surface area contributed by atoms with Crippen LogP contribution in [0.2, 0.25) is 5.02 Å². The van der Waals surface area contributed by atoms with Crippen LogP contribution in [0.15, 0.2) is 70.3 Å². The van der Waals surface area contributed by atoms with Crippen molar-refractivity contribution >= 4 is 50.7 Å². The molecule has 7 nitrogen and oxygen atoms in total. The number of rotatable bonds is 4. The number of halogens is 1. The average Bonchev–Trinajstić information content (AvgIpc) is 3.45. The molecule has 9 heteroatoms. The largest absolute Gasteiger partial charge is 0.503 e. The van der Waals surface area contributed by atoms with Crippen LogP contribution in [0.5, 0.6) is 0 Å². The van der Waals surface area contributed by atoms with Crippen LogP contribution >= 0.6 is 22.9 Å². The fraction of sp³-hybridized carbons (Fsp3) is 0.0909. The molecule has 0 fully saturated rings. The van der Waals surface area contributed by atoms with Gasteiger partial charge in [0.05, 0.1) is 11.6 Å². The summed E-state index contributed by atoms with van der Waals surface area (Å²) in [6, 6.07) is 14.6. The molecule has 2 aromatic carbocycles. The molecule has 2 aromatic heterocycles. The van der Waals surface area contributed by atoms with Gasteiger partial charge in [0, 0.05) is 10.4 Å². The van der Waals surface area contributed by atoms with Crippen LogP contribution in [0.1, 0.15) is 27.2 Å². The second-order valence-corrected chi connectivity index (χ2v) is 8.57. The van der Waals surface area contributed by atoms with E-state index in [-0.39, 0.29) is 16.5 Å². The highest BCUT2D eigenvalue weighted by Gasteiger charge is 2.46. The molecule has 0 saturated heterocycles. The highest BCUT2D eigenvalue weighted by molar-refractivity contribution is 7.15. The molecule has 0 radical (unpaired) electrons. The first-order chi connectivity index (χ1) is 14.9. The van der Waals surface area contributed by atoms with Gasteiger partial charge in [-0.05, 0) is 36.8 Å². The number of aliphatic hydroxyl groups is 1. The van der Waals surface area contributed by atoms with Crippen molar-refractivity contribution in [1.29, 1.82) is 0 Å². The van der Waals surface area contributed by atoms with Gasteiger partial charge < -0.3 is 9.52 Å². The number of furan rings is 1. The van der Waals surface area contributed by atoms with Crippen molar-refractivity contribution in [2.75, 3.05) is 4.90 Å². The van der Waals surface area contributed by atoms with Gasteiger partial charge >= 0.3 is 0 Å². The molecule has 31 heavy (non-hydrogen) atoms. The summed E-state index contributed by atoms with van der Waals surface area (Å²) < 4.78 is 5.70. The Hall–Kier alpha value is -3.49. The molecule has 5 rings (SSSR count). The lowest BCUT2D eigenvalue weighted by molar-refractivity contribution is -0.117. The summed E-state index contributed by atoms with van der Waals surface area (Å²) in [7, 11) is 0. The van der Waals surface area contributed by atoms with E-state index >= 15 is 0 Å². The summed E-state index contributed by atoms with van der Waals surface area (Å²) >= 11 is 7.22. The van der Waals surface area contributed by atoms with E-state index in [1.165, 1.54) is 16.2 Å². The van der Waals surface area contributed by atoms with Crippen molar-refractivity contribution in [3.8, 4) is 0 Å². The summed E-state index contributed by atoms with van der Waals surface area (Å²) in [5.41, 5.74) is 1.04. The number of hydrogen-bond donors (Lipinski definition) is 1. The summed E-state index contributed by atoms with van der Waals surface area (Å²) in [4.78, 5) is 27.8. The minimum absolute atomic E-state index is 0.0322. The molecule has 0 spiro atoms. The number of anilines is 1. The highest BCUT2D eigenvalue weighted by Crippen LogP contribution is 2.43. The first-order valence-corrected chi connectivity index (χ1v) is 10.5. The third kappa shape index (κ3) is 3.20. The number of ketones is 1. The van der Waals surface area contributed by atoms with E-state index < -0.39 is 23.5 Å². The Morgan fingerprint density at radius 3 is 2.58 bits per heavy atom. The number of aliphatic hydroxyl groups excluding tert-OH is 1. The quantitative estimate of drug-likeness (QED) is 0.437. The zero-order chi connectivity index (χ0) is 21.7. The first kappa shape index (κ1) is 19.5. The Morgan fingerprint density at radius 2 is 1.90 bits per heavy atom. The fourth-order valence-electron chi connectivity index (χ4n) is 3.60. The maximum atomic E-state index is 13.5. The van der Waals surface area contributed by atoms with Crippen LogP contribution in [0.25, 0.3) is 11.0 Å². The van der Waals surface area contributed by atoms with Crippen molar-refractivity contribution < 1.29 is 19.1 Å². The summed E-state index contributed by atoms with van der Waals surface area (Å²) in [6.45, 7) is 1.76. The molecule has 0 unspecified atom stereocenters. The fourth-order valence-corrected chi connectivity index (χ4v) is 4.45. The molecule has 1 atom stereocenters. The number of carbonyl (C=O) groups is 2. The maximum absolute atomic E-state index is 13.5. The van der Waals surface area contributed by atoms with Crippen LogP contribution < -0.4 is 4.90 Å². The summed E-state index contributed by atoms with van der Waals surface area (Å²) in [6.07, 6.45) is 0. The topological polar surface area (TPSA) is 96.5 Å². The molecule has 0 aliphatic carbocycles. The third-order valence-corrected chi connectivity index (χ3v) is 6.10. The van der Waals surface area contributed by atoms with Gasteiger partial charge in [-0.3, -0.25) is 14.5 Å². The Balaban J connectivity index is 1.66. The average molecular weight is 452 g/mol. The Bertz CT molecular complexity index is 1340. The summed E-state index contributed by atoms with van der Waals surface area (Å²) in [5, 5.41) is 20.9. The second kappa shape index (κ2) is 7.33. The normalized spacial score (nSPS) is 16.5.